The lowest BCUT2D eigenvalue weighted by Gasteiger charge is -2.45. The summed E-state index contributed by atoms with van der Waals surface area (Å²) in [5.74, 6) is 0. The Morgan fingerprint density at radius 3 is 2.10 bits per heavy atom. The minimum absolute atomic E-state index is 0.00300. The summed E-state index contributed by atoms with van der Waals surface area (Å²) >= 11 is 0. The number of aromatic nitrogens is 3. The summed E-state index contributed by atoms with van der Waals surface area (Å²) < 4.78 is 85.6. The predicted molar refractivity (Wildman–Crippen MR) is 189 cm³/mol. The van der Waals surface area contributed by atoms with Crippen molar-refractivity contribution in [2.24, 2.45) is 0 Å². The van der Waals surface area contributed by atoms with E-state index in [4.69, 9.17) is 0 Å². The summed E-state index contributed by atoms with van der Waals surface area (Å²) in [6.07, 6.45) is -1.64. The number of rotatable bonds is 16. The molecule has 1 aliphatic rings. The molecule has 0 bridgehead atoms. The second kappa shape index (κ2) is 16.1. The lowest BCUT2D eigenvalue weighted by atomic mass is 9.88. The second-order valence-electron chi connectivity index (χ2n) is 15.2. The van der Waals surface area contributed by atoms with Gasteiger partial charge in [0.25, 0.3) is 23.1 Å². The van der Waals surface area contributed by atoms with Crippen LogP contribution in [0.25, 0.3) is 0 Å². The number of alkyl halides is 6. The summed E-state index contributed by atoms with van der Waals surface area (Å²) in [7, 11) is 2.84. The Morgan fingerprint density at radius 2 is 1.50 bits per heavy atom. The summed E-state index contributed by atoms with van der Waals surface area (Å²) in [4.78, 5) is 43.6. The van der Waals surface area contributed by atoms with Crippen LogP contribution < -0.4 is 16.7 Å². The minimum atomic E-state index is -4.40. The molecule has 0 spiro atoms. The van der Waals surface area contributed by atoms with Crippen LogP contribution in [0.1, 0.15) is 75.4 Å². The number of nitrogens with zero attached hydrogens (tertiary/aromatic N) is 6. The summed E-state index contributed by atoms with van der Waals surface area (Å²) in [6, 6.07) is 7.00. The van der Waals surface area contributed by atoms with Gasteiger partial charge in [0.2, 0.25) is 0 Å². The van der Waals surface area contributed by atoms with E-state index in [1.54, 1.807) is 36.9 Å². The van der Waals surface area contributed by atoms with Crippen LogP contribution in [0.5, 0.6) is 0 Å². The first kappa shape index (κ1) is 41.1. The van der Waals surface area contributed by atoms with E-state index in [1.807, 2.05) is 25.7 Å². The topological polar surface area (TPSA) is 75.7 Å². The largest absolute Gasteiger partial charge is 0.401 e. The lowest BCUT2D eigenvalue weighted by molar-refractivity contribution is -0.144. The smallest absolute Gasteiger partial charge is 0.313 e. The van der Waals surface area contributed by atoms with E-state index in [1.165, 1.54) is 58.6 Å². The molecule has 1 atom stereocenters. The van der Waals surface area contributed by atoms with E-state index in [0.29, 0.717) is 35.2 Å². The third-order valence-electron chi connectivity index (χ3n) is 9.63. The molecule has 0 saturated carbocycles. The zero-order valence-corrected chi connectivity index (χ0v) is 30.9. The Morgan fingerprint density at radius 1 is 0.846 bits per heavy atom. The molecule has 1 fully saturated rings. The first-order valence-corrected chi connectivity index (χ1v) is 17.4. The van der Waals surface area contributed by atoms with Crippen molar-refractivity contribution in [2.75, 3.05) is 46.8 Å². The quantitative estimate of drug-likeness (QED) is 0.182. The van der Waals surface area contributed by atoms with E-state index >= 15 is 4.39 Å². The molecular weight excluding hydrogens is 690 g/mol. The van der Waals surface area contributed by atoms with Crippen molar-refractivity contribution < 1.29 is 26.3 Å². The molecule has 0 amide bonds. The van der Waals surface area contributed by atoms with E-state index in [0.717, 1.165) is 4.90 Å². The van der Waals surface area contributed by atoms with Crippen LogP contribution in [0.4, 0.5) is 26.3 Å². The maximum Gasteiger partial charge on any atom is 0.401 e. The highest BCUT2D eigenvalue weighted by atomic mass is 19.4. The molecule has 3 aromatic heterocycles. The zero-order valence-electron chi connectivity index (χ0n) is 30.9. The van der Waals surface area contributed by atoms with Crippen molar-refractivity contribution in [3.05, 3.63) is 102 Å². The van der Waals surface area contributed by atoms with Gasteiger partial charge >= 0.3 is 6.18 Å². The highest BCUT2D eigenvalue weighted by molar-refractivity contribution is 5.33. The molecule has 1 aliphatic heterocycles. The number of hydrogen-bond acceptors (Lipinski definition) is 6. The van der Waals surface area contributed by atoms with Crippen molar-refractivity contribution in [1.82, 2.24) is 28.4 Å². The fraction of sp³-hybridized carbons (Fsp3) is 0.595. The summed E-state index contributed by atoms with van der Waals surface area (Å²) in [5.41, 5.74) is -1.66. The zero-order chi connectivity index (χ0) is 38.8. The maximum absolute atomic E-state index is 15.6. The van der Waals surface area contributed by atoms with Gasteiger partial charge in [-0.25, -0.2) is 13.2 Å². The van der Waals surface area contributed by atoms with Gasteiger partial charge in [-0.05, 0) is 83.5 Å². The van der Waals surface area contributed by atoms with Gasteiger partial charge < -0.3 is 13.7 Å². The van der Waals surface area contributed by atoms with Gasteiger partial charge in [-0.1, -0.05) is 6.07 Å². The molecular formula is C37H50F6N6O3. The van der Waals surface area contributed by atoms with Gasteiger partial charge in [0, 0.05) is 88.0 Å². The van der Waals surface area contributed by atoms with Crippen LogP contribution in [0.3, 0.4) is 0 Å². The third-order valence-corrected chi connectivity index (χ3v) is 9.63. The van der Waals surface area contributed by atoms with Gasteiger partial charge in [0.1, 0.15) is 5.67 Å². The Hall–Kier alpha value is -3.69. The van der Waals surface area contributed by atoms with Gasteiger partial charge in [-0.15, -0.1) is 0 Å². The Labute approximate surface area is 300 Å². The van der Waals surface area contributed by atoms with Crippen LogP contribution in [-0.2, 0) is 25.0 Å². The first-order valence-electron chi connectivity index (χ1n) is 17.4. The maximum atomic E-state index is 15.6. The fourth-order valence-corrected chi connectivity index (χ4v) is 7.05. The SMILES string of the molecule is CC(C)n1ccc(CC2(F)CN(CCC(C)n3cc(CN(C)CC(F)F)c(C(C)(C)n4cc(CN(C)CC(F)(F)F)ccc4=O)cc3=O)C2)cc1=O. The van der Waals surface area contributed by atoms with Crippen molar-refractivity contribution in [1.29, 1.82) is 0 Å². The average Bonchev–Trinajstić information content (AvgIpc) is 2.98. The molecule has 52 heavy (non-hydrogen) atoms. The van der Waals surface area contributed by atoms with Gasteiger partial charge in [0.05, 0.1) is 18.6 Å². The molecule has 1 unspecified atom stereocenters. The summed E-state index contributed by atoms with van der Waals surface area (Å²) in [6.45, 7) is 8.13. The molecule has 0 aliphatic carbocycles. The number of pyridine rings is 3. The van der Waals surface area contributed by atoms with Crippen LogP contribution in [0, 0.1) is 0 Å². The standard InChI is InChI=1S/C37H50F6N6O3/c1-25(2)47-13-11-27(14-33(47)51)16-36(40)22-46(23-36)12-10-26(3)48-20-29(19-44(6)21-31(38)39)30(15-34(48)52)35(4,5)49-18-28(8-9-32(49)50)17-45(7)24-37(41,42)43/h8-9,11,13-15,18,20,25-26,31H,10,12,16-17,19,21-24H2,1-7H3. The number of hydrogen-bond donors (Lipinski definition) is 0. The highest BCUT2D eigenvalue weighted by Crippen LogP contribution is 2.31. The van der Waals surface area contributed by atoms with Gasteiger partial charge in [0.15, 0.2) is 0 Å². The molecule has 1 saturated heterocycles. The van der Waals surface area contributed by atoms with Crippen LogP contribution in [0.15, 0.2) is 63.3 Å². The van der Waals surface area contributed by atoms with Crippen LogP contribution in [0.2, 0.25) is 0 Å². The van der Waals surface area contributed by atoms with E-state index < -0.39 is 42.5 Å². The molecule has 4 heterocycles. The van der Waals surface area contributed by atoms with E-state index in [-0.39, 0.29) is 55.8 Å². The van der Waals surface area contributed by atoms with E-state index in [9.17, 15) is 36.3 Å². The minimum Gasteiger partial charge on any atom is -0.313 e. The predicted octanol–water partition coefficient (Wildman–Crippen LogP) is 5.44. The van der Waals surface area contributed by atoms with E-state index in [2.05, 4.69) is 0 Å². The molecule has 0 radical (unpaired) electrons. The normalized spacial score (nSPS) is 15.9. The molecule has 15 heteroatoms. The molecule has 0 N–H and O–H groups in total. The Bertz CT molecular complexity index is 1860. The monoisotopic (exact) mass is 740 g/mol. The van der Waals surface area contributed by atoms with Crippen molar-refractivity contribution in [2.45, 2.75) is 96.4 Å². The Balaban J connectivity index is 1.54. The molecule has 288 valence electrons. The molecule has 4 rings (SSSR count). The fourth-order valence-electron chi connectivity index (χ4n) is 7.05. The van der Waals surface area contributed by atoms with Crippen molar-refractivity contribution in [3.63, 3.8) is 0 Å². The average molecular weight is 741 g/mol. The molecule has 3 aromatic rings. The van der Waals surface area contributed by atoms with Crippen LogP contribution in [-0.4, -0.2) is 93.5 Å². The second-order valence-corrected chi connectivity index (χ2v) is 15.2. The summed E-state index contributed by atoms with van der Waals surface area (Å²) in [5, 5.41) is 0. The van der Waals surface area contributed by atoms with Gasteiger partial charge in [-0.2, -0.15) is 13.2 Å². The molecule has 9 nitrogen and oxygen atoms in total. The number of likely N-dealkylation sites (tertiary alicyclic amines) is 1. The van der Waals surface area contributed by atoms with Gasteiger partial charge in [-0.3, -0.25) is 29.1 Å². The van der Waals surface area contributed by atoms with Crippen molar-refractivity contribution >= 4 is 0 Å². The highest BCUT2D eigenvalue weighted by Gasteiger charge is 2.43. The number of halogens is 6. The van der Waals surface area contributed by atoms with Crippen molar-refractivity contribution in [3.8, 4) is 0 Å². The van der Waals surface area contributed by atoms with Crippen LogP contribution >= 0.6 is 0 Å². The Kier molecular flexibility index (Phi) is 12.7. The lowest BCUT2D eigenvalue weighted by Crippen LogP contribution is -2.60. The molecule has 0 aromatic carbocycles. The first-order chi connectivity index (χ1) is 24.1. The third kappa shape index (κ3) is 10.5.